The fraction of sp³-hybridized carbons (Fsp3) is 0.111. The Morgan fingerprint density at radius 2 is 1.71 bits per heavy atom. The molecule has 0 bridgehead atoms. The van der Waals surface area contributed by atoms with Crippen LogP contribution in [0.3, 0.4) is 0 Å². The van der Waals surface area contributed by atoms with Gasteiger partial charge in [0.2, 0.25) is 0 Å². The van der Waals surface area contributed by atoms with E-state index in [1.54, 1.807) is 31.3 Å². The number of amidine groups is 1. The summed E-state index contributed by atoms with van der Waals surface area (Å²) in [6.45, 7) is 2.01. The van der Waals surface area contributed by atoms with Gasteiger partial charge in [0.05, 0.1) is 29.8 Å². The molecule has 4 aromatic rings. The van der Waals surface area contributed by atoms with Crippen LogP contribution in [0.4, 0.5) is 5.69 Å². The number of carbonyl (C=O) groups excluding carboxylic acids is 1. The topological polar surface area (TPSA) is 51.1 Å². The number of halogens is 1. The van der Waals surface area contributed by atoms with E-state index >= 15 is 0 Å². The molecule has 1 aliphatic rings. The fourth-order valence-corrected chi connectivity index (χ4v) is 5.36. The summed E-state index contributed by atoms with van der Waals surface area (Å²) in [4.78, 5) is 20.8. The summed E-state index contributed by atoms with van der Waals surface area (Å²) in [5, 5.41) is 1.54. The zero-order valence-corrected chi connectivity index (χ0v) is 20.4. The largest absolute Gasteiger partial charge is 0.493 e. The second-order valence-electron chi connectivity index (χ2n) is 7.80. The van der Waals surface area contributed by atoms with Crippen LogP contribution in [0.5, 0.6) is 11.5 Å². The Morgan fingerprint density at radius 3 is 2.41 bits per heavy atom. The predicted molar refractivity (Wildman–Crippen MR) is 140 cm³/mol. The van der Waals surface area contributed by atoms with Crippen molar-refractivity contribution in [1.29, 1.82) is 0 Å². The zero-order chi connectivity index (χ0) is 23.8. The molecule has 170 valence electrons. The first-order chi connectivity index (χ1) is 16.5. The SMILES string of the molecule is COc1ccc(/C=C2/N=C(c3sc4ccccc4c3Cl)N(c3ccc(C)cc3)C2=O)cc1OC. The molecule has 0 saturated carbocycles. The zero-order valence-electron chi connectivity index (χ0n) is 18.8. The van der Waals surface area contributed by atoms with E-state index in [-0.39, 0.29) is 5.91 Å². The number of fused-ring (bicyclic) bond motifs is 1. The van der Waals surface area contributed by atoms with Gasteiger partial charge < -0.3 is 9.47 Å². The number of thiophene rings is 1. The molecule has 0 aliphatic carbocycles. The smallest absolute Gasteiger partial charge is 0.282 e. The molecular formula is C27H21ClN2O3S. The van der Waals surface area contributed by atoms with Gasteiger partial charge in [0.1, 0.15) is 5.70 Å². The van der Waals surface area contributed by atoms with Gasteiger partial charge in [-0.2, -0.15) is 0 Å². The van der Waals surface area contributed by atoms with Crippen LogP contribution >= 0.6 is 22.9 Å². The minimum atomic E-state index is -0.220. The van der Waals surface area contributed by atoms with Crippen molar-refractivity contribution in [1.82, 2.24) is 0 Å². The molecule has 0 spiro atoms. The second-order valence-corrected chi connectivity index (χ2v) is 9.23. The molecule has 0 fully saturated rings. The van der Waals surface area contributed by atoms with E-state index in [1.165, 1.54) is 11.3 Å². The lowest BCUT2D eigenvalue weighted by molar-refractivity contribution is -0.113. The monoisotopic (exact) mass is 488 g/mol. The highest BCUT2D eigenvalue weighted by atomic mass is 35.5. The molecule has 0 saturated heterocycles. The summed E-state index contributed by atoms with van der Waals surface area (Å²) >= 11 is 8.31. The number of rotatable bonds is 5. The normalized spacial score (nSPS) is 14.7. The molecule has 2 heterocycles. The predicted octanol–water partition coefficient (Wildman–Crippen LogP) is 6.71. The van der Waals surface area contributed by atoms with Crippen molar-refractivity contribution in [2.24, 2.45) is 4.99 Å². The maximum Gasteiger partial charge on any atom is 0.282 e. The maximum atomic E-state index is 13.6. The van der Waals surface area contributed by atoms with Gasteiger partial charge in [-0.1, -0.05) is 53.6 Å². The van der Waals surface area contributed by atoms with E-state index in [1.807, 2.05) is 67.6 Å². The number of benzene rings is 3. The van der Waals surface area contributed by atoms with E-state index in [9.17, 15) is 4.79 Å². The summed E-state index contributed by atoms with van der Waals surface area (Å²) in [7, 11) is 3.16. The molecule has 3 aromatic carbocycles. The highest BCUT2D eigenvalue weighted by molar-refractivity contribution is 7.21. The number of hydrogen-bond acceptors (Lipinski definition) is 5. The Labute approximate surface area is 206 Å². The Kier molecular flexibility index (Phi) is 5.86. The van der Waals surface area contributed by atoms with Crippen molar-refractivity contribution < 1.29 is 14.3 Å². The Balaban J connectivity index is 1.66. The standard InChI is InChI=1S/C27H21ClN2O3S/c1-16-8-11-18(12-9-16)30-26(25-24(28)19-6-4-5-7-23(19)34-25)29-20(27(30)31)14-17-10-13-21(32-2)22(15-17)33-3/h4-15H,1-3H3/b20-14+. The van der Waals surface area contributed by atoms with Crippen LogP contribution in [-0.4, -0.2) is 26.0 Å². The molecular weight excluding hydrogens is 468 g/mol. The summed E-state index contributed by atoms with van der Waals surface area (Å²) < 4.78 is 11.8. The highest BCUT2D eigenvalue weighted by Crippen LogP contribution is 2.39. The third-order valence-electron chi connectivity index (χ3n) is 5.60. The molecule has 0 unspecified atom stereocenters. The Morgan fingerprint density at radius 1 is 0.971 bits per heavy atom. The van der Waals surface area contributed by atoms with Gasteiger partial charge in [0.15, 0.2) is 17.3 Å². The van der Waals surface area contributed by atoms with Gasteiger partial charge in [-0.15, -0.1) is 11.3 Å². The minimum Gasteiger partial charge on any atom is -0.493 e. The number of ether oxygens (including phenoxy) is 2. The minimum absolute atomic E-state index is 0.220. The van der Waals surface area contributed by atoms with Crippen LogP contribution in [0.1, 0.15) is 16.0 Å². The van der Waals surface area contributed by atoms with Crippen LogP contribution in [0, 0.1) is 6.92 Å². The van der Waals surface area contributed by atoms with Crippen LogP contribution in [0.15, 0.2) is 77.4 Å². The number of anilines is 1. The van der Waals surface area contributed by atoms with E-state index in [4.69, 9.17) is 26.1 Å². The quantitative estimate of drug-likeness (QED) is 0.293. The summed E-state index contributed by atoms with van der Waals surface area (Å²) in [6.07, 6.45) is 1.75. The van der Waals surface area contributed by atoms with Crippen LogP contribution in [-0.2, 0) is 4.79 Å². The second kappa shape index (κ2) is 8.97. The molecule has 5 rings (SSSR count). The van der Waals surface area contributed by atoms with Gasteiger partial charge in [-0.25, -0.2) is 4.99 Å². The first kappa shape index (κ1) is 22.2. The van der Waals surface area contributed by atoms with Gasteiger partial charge in [0, 0.05) is 10.1 Å². The lowest BCUT2D eigenvalue weighted by Crippen LogP contribution is -2.32. The molecule has 0 atom stereocenters. The molecule has 1 aliphatic heterocycles. The first-order valence-electron chi connectivity index (χ1n) is 10.6. The number of aliphatic imine (C=N–C) groups is 1. The third kappa shape index (κ3) is 3.85. The van der Waals surface area contributed by atoms with Crippen LogP contribution in [0.2, 0.25) is 5.02 Å². The number of amides is 1. The van der Waals surface area contributed by atoms with E-state index in [0.29, 0.717) is 28.1 Å². The first-order valence-corrected chi connectivity index (χ1v) is 11.8. The van der Waals surface area contributed by atoms with Gasteiger partial charge in [-0.05, 0) is 48.9 Å². The fourth-order valence-electron chi connectivity index (χ4n) is 3.86. The van der Waals surface area contributed by atoms with Crippen molar-refractivity contribution in [2.45, 2.75) is 6.92 Å². The molecule has 0 radical (unpaired) electrons. The number of nitrogens with zero attached hydrogens (tertiary/aromatic N) is 2. The molecule has 34 heavy (non-hydrogen) atoms. The Bertz CT molecular complexity index is 1470. The number of methoxy groups -OCH3 is 2. The lowest BCUT2D eigenvalue weighted by atomic mass is 10.1. The van der Waals surface area contributed by atoms with E-state index < -0.39 is 0 Å². The maximum absolute atomic E-state index is 13.6. The van der Waals surface area contributed by atoms with Gasteiger partial charge in [0.25, 0.3) is 5.91 Å². The van der Waals surface area contributed by atoms with Crippen LogP contribution < -0.4 is 14.4 Å². The van der Waals surface area contributed by atoms with Crippen molar-refractivity contribution >= 4 is 56.5 Å². The van der Waals surface area contributed by atoms with Crippen molar-refractivity contribution in [3.8, 4) is 11.5 Å². The number of aryl methyl sites for hydroxylation is 1. The number of hydrogen-bond donors (Lipinski definition) is 0. The average Bonchev–Trinajstić information content (AvgIpc) is 3.36. The summed E-state index contributed by atoms with van der Waals surface area (Å²) in [5.74, 6) is 1.49. The van der Waals surface area contributed by atoms with E-state index in [0.717, 1.165) is 31.8 Å². The lowest BCUT2D eigenvalue weighted by Gasteiger charge is -2.18. The van der Waals surface area contributed by atoms with Gasteiger partial charge >= 0.3 is 0 Å². The molecule has 1 amide bonds. The molecule has 7 heteroatoms. The van der Waals surface area contributed by atoms with Crippen molar-refractivity contribution in [2.75, 3.05) is 19.1 Å². The Hall–Kier alpha value is -3.61. The number of carbonyl (C=O) groups is 1. The average molecular weight is 489 g/mol. The van der Waals surface area contributed by atoms with Crippen molar-refractivity contribution in [3.05, 3.63) is 93.5 Å². The van der Waals surface area contributed by atoms with Gasteiger partial charge in [-0.3, -0.25) is 9.69 Å². The van der Waals surface area contributed by atoms with E-state index in [2.05, 4.69) is 0 Å². The molecule has 0 N–H and O–H groups in total. The third-order valence-corrected chi connectivity index (χ3v) is 7.27. The highest BCUT2D eigenvalue weighted by Gasteiger charge is 2.35. The van der Waals surface area contributed by atoms with Crippen molar-refractivity contribution in [3.63, 3.8) is 0 Å². The molecule has 5 nitrogen and oxygen atoms in total. The molecule has 1 aromatic heterocycles. The summed E-state index contributed by atoms with van der Waals surface area (Å²) in [5.41, 5.74) is 2.93. The summed E-state index contributed by atoms with van der Waals surface area (Å²) in [6, 6.07) is 21.2. The van der Waals surface area contributed by atoms with Crippen LogP contribution in [0.25, 0.3) is 16.2 Å².